The first kappa shape index (κ1) is 19.8. The molecule has 28 heavy (non-hydrogen) atoms. The number of carbonyl (C=O) groups excluding carboxylic acids is 1. The second-order valence-electron chi connectivity index (χ2n) is 7.15. The van der Waals surface area contributed by atoms with Crippen molar-refractivity contribution in [2.24, 2.45) is 5.92 Å². The van der Waals surface area contributed by atoms with Crippen molar-refractivity contribution in [2.45, 2.75) is 33.7 Å². The van der Waals surface area contributed by atoms with Crippen molar-refractivity contribution in [3.63, 3.8) is 0 Å². The smallest absolute Gasteiger partial charge is 0.239 e. The highest BCUT2D eigenvalue weighted by Crippen LogP contribution is 2.29. The first-order valence-electron chi connectivity index (χ1n) is 9.02. The van der Waals surface area contributed by atoms with Gasteiger partial charge in [-0.3, -0.25) is 15.5 Å². The molecule has 0 aliphatic rings. The van der Waals surface area contributed by atoms with Crippen LogP contribution in [-0.4, -0.2) is 32.6 Å². The topological polar surface area (TPSA) is 134 Å². The van der Waals surface area contributed by atoms with E-state index in [0.717, 1.165) is 10.2 Å². The molecule has 0 radical (unpaired) electrons. The predicted molar refractivity (Wildman–Crippen MR) is 112 cm³/mol. The first-order valence-corrected chi connectivity index (χ1v) is 9.84. The van der Waals surface area contributed by atoms with Gasteiger partial charge in [0.05, 0.1) is 22.0 Å². The van der Waals surface area contributed by atoms with Crippen LogP contribution in [0, 0.1) is 11.3 Å². The normalized spacial score (nSPS) is 11.4. The minimum Gasteiger partial charge on any atom is -0.383 e. The van der Waals surface area contributed by atoms with Crippen molar-refractivity contribution in [2.75, 3.05) is 11.1 Å². The summed E-state index contributed by atoms with van der Waals surface area (Å²) in [5, 5.41) is 14.0. The number of nitrogen functional groups attached to an aromatic ring is 1. The Kier molecular flexibility index (Phi) is 5.66. The number of hydrogen-bond acceptors (Lipinski definition) is 7. The van der Waals surface area contributed by atoms with Crippen molar-refractivity contribution in [3.8, 4) is 0 Å². The van der Waals surface area contributed by atoms with E-state index in [-0.39, 0.29) is 29.4 Å². The molecule has 9 heteroatoms. The second kappa shape index (κ2) is 7.99. The molecule has 3 rings (SSSR count). The highest BCUT2D eigenvalue weighted by Gasteiger charge is 2.21. The molecule has 6 N–H and O–H groups in total. The average Bonchev–Trinajstić information content (AvgIpc) is 3.02. The highest BCUT2D eigenvalue weighted by atomic mass is 32.1. The van der Waals surface area contributed by atoms with Gasteiger partial charge >= 0.3 is 0 Å². The first-order chi connectivity index (χ1) is 13.3. The lowest BCUT2D eigenvalue weighted by molar-refractivity contribution is -0.606. The van der Waals surface area contributed by atoms with Gasteiger partial charge in [0.25, 0.3) is 0 Å². The van der Waals surface area contributed by atoms with Crippen molar-refractivity contribution < 1.29 is 10.1 Å². The monoisotopic (exact) mass is 398 g/mol. The number of aromatic nitrogens is 3. The van der Waals surface area contributed by atoms with E-state index in [1.165, 1.54) is 17.7 Å². The molecule has 0 unspecified atom stereocenters. The maximum Gasteiger partial charge on any atom is 0.239 e. The Morgan fingerprint density at radius 3 is 2.68 bits per heavy atom. The SMILES string of the molecule is CC(C)[NH2+]c1ncnc(N)c1C(=N)c1ccc2nc(NC(=O)C(C)C)sc2c1. The van der Waals surface area contributed by atoms with Gasteiger partial charge in [-0.15, -0.1) is 0 Å². The highest BCUT2D eigenvalue weighted by molar-refractivity contribution is 7.22. The van der Waals surface area contributed by atoms with Crippen LogP contribution in [0.15, 0.2) is 24.5 Å². The Labute approximate surface area is 167 Å². The Balaban J connectivity index is 1.96. The van der Waals surface area contributed by atoms with Crippen LogP contribution in [0.5, 0.6) is 0 Å². The van der Waals surface area contributed by atoms with E-state index < -0.39 is 0 Å². The zero-order chi connectivity index (χ0) is 20.4. The fraction of sp³-hybridized carbons (Fsp3) is 0.316. The van der Waals surface area contributed by atoms with Crippen LogP contribution in [0.3, 0.4) is 0 Å². The number of benzene rings is 1. The van der Waals surface area contributed by atoms with E-state index in [4.69, 9.17) is 11.1 Å². The lowest BCUT2D eigenvalue weighted by Gasteiger charge is -2.11. The standard InChI is InChI=1S/C19H23N7OS/c1-9(2)18(27)26-19-25-12-6-5-11(7-13(12)28-19)15(20)14-16(21)22-8-23-17(14)24-10(3)4/h5-10,20H,1-4H3,(H,25,26,27)(H3,21,22,23,24)/p+1. The van der Waals surface area contributed by atoms with Gasteiger partial charge in [0.2, 0.25) is 11.7 Å². The van der Waals surface area contributed by atoms with E-state index >= 15 is 0 Å². The number of quaternary nitrogens is 1. The van der Waals surface area contributed by atoms with Crippen molar-refractivity contribution in [1.29, 1.82) is 5.41 Å². The maximum atomic E-state index is 11.9. The molecule has 0 saturated carbocycles. The van der Waals surface area contributed by atoms with Crippen LogP contribution in [0.1, 0.15) is 38.8 Å². The lowest BCUT2D eigenvalue weighted by atomic mass is 10.0. The number of nitrogens with zero attached hydrogens (tertiary/aromatic N) is 3. The van der Waals surface area contributed by atoms with Crippen LogP contribution in [-0.2, 0) is 4.79 Å². The van der Waals surface area contributed by atoms with Gasteiger partial charge in [-0.25, -0.2) is 9.97 Å². The van der Waals surface area contributed by atoms with Gasteiger partial charge < -0.3 is 11.1 Å². The van der Waals surface area contributed by atoms with Gasteiger partial charge in [0.15, 0.2) is 5.13 Å². The molecular weight excluding hydrogens is 374 g/mol. The molecule has 0 aliphatic carbocycles. The summed E-state index contributed by atoms with van der Waals surface area (Å²) >= 11 is 1.38. The third-order valence-corrected chi connectivity index (χ3v) is 5.01. The molecule has 0 atom stereocenters. The molecule has 0 bridgehead atoms. The summed E-state index contributed by atoms with van der Waals surface area (Å²) in [7, 11) is 0. The molecule has 1 aromatic carbocycles. The minimum absolute atomic E-state index is 0.0740. The number of hydrogen-bond donors (Lipinski definition) is 4. The summed E-state index contributed by atoms with van der Waals surface area (Å²) in [4.78, 5) is 24.7. The van der Waals surface area contributed by atoms with Crippen molar-refractivity contribution in [1.82, 2.24) is 15.0 Å². The third kappa shape index (κ3) is 4.15. The van der Waals surface area contributed by atoms with Crippen LogP contribution >= 0.6 is 11.3 Å². The number of thiazole rings is 1. The summed E-state index contributed by atoms with van der Waals surface area (Å²) in [5.74, 6) is 0.741. The second-order valence-corrected chi connectivity index (χ2v) is 8.18. The van der Waals surface area contributed by atoms with E-state index in [0.29, 0.717) is 22.1 Å². The van der Waals surface area contributed by atoms with Crippen LogP contribution in [0.4, 0.5) is 16.8 Å². The van der Waals surface area contributed by atoms with E-state index in [1.54, 1.807) is 0 Å². The van der Waals surface area contributed by atoms with Gasteiger partial charge in [0.1, 0.15) is 17.7 Å². The number of carbonyl (C=O) groups is 1. The summed E-state index contributed by atoms with van der Waals surface area (Å²) in [5.41, 5.74) is 8.31. The zero-order valence-electron chi connectivity index (χ0n) is 16.3. The number of nitrogens with one attached hydrogen (secondary N) is 2. The number of fused-ring (bicyclic) bond motifs is 1. The minimum atomic E-state index is -0.118. The molecule has 0 fully saturated rings. The van der Waals surface area contributed by atoms with Crippen molar-refractivity contribution >= 4 is 49.9 Å². The van der Waals surface area contributed by atoms with E-state index in [1.807, 2.05) is 51.2 Å². The average molecular weight is 399 g/mol. The zero-order valence-corrected chi connectivity index (χ0v) is 17.1. The van der Waals surface area contributed by atoms with Crippen LogP contribution < -0.4 is 16.4 Å². The summed E-state index contributed by atoms with van der Waals surface area (Å²) in [6, 6.07) is 5.81. The van der Waals surface area contributed by atoms with Crippen LogP contribution in [0.25, 0.3) is 10.2 Å². The third-order valence-electron chi connectivity index (χ3n) is 4.08. The molecule has 0 aliphatic heterocycles. The Morgan fingerprint density at radius 2 is 2.00 bits per heavy atom. The number of anilines is 2. The Hall–Kier alpha value is -2.91. The number of rotatable bonds is 6. The Morgan fingerprint density at radius 1 is 1.25 bits per heavy atom. The molecular formula is C19H24N7OS+. The molecule has 0 spiro atoms. The quantitative estimate of drug-likeness (QED) is 0.473. The number of amides is 1. The lowest BCUT2D eigenvalue weighted by Crippen LogP contribution is -2.83. The van der Waals surface area contributed by atoms with Crippen LogP contribution in [0.2, 0.25) is 0 Å². The maximum absolute atomic E-state index is 11.9. The Bertz CT molecular complexity index is 1040. The molecule has 2 heterocycles. The van der Waals surface area contributed by atoms with Gasteiger partial charge in [-0.2, -0.15) is 4.98 Å². The number of nitrogens with two attached hydrogens (primary N) is 2. The largest absolute Gasteiger partial charge is 0.383 e. The summed E-state index contributed by atoms with van der Waals surface area (Å²) < 4.78 is 0.881. The van der Waals surface area contributed by atoms with E-state index in [2.05, 4.69) is 20.3 Å². The summed E-state index contributed by atoms with van der Waals surface area (Å²) in [6.07, 6.45) is 1.41. The predicted octanol–water partition coefficient (Wildman–Crippen LogP) is 2.28. The van der Waals surface area contributed by atoms with Crippen molar-refractivity contribution in [3.05, 3.63) is 35.7 Å². The van der Waals surface area contributed by atoms with Gasteiger partial charge in [-0.1, -0.05) is 31.3 Å². The molecule has 8 nitrogen and oxygen atoms in total. The summed E-state index contributed by atoms with van der Waals surface area (Å²) in [6.45, 7) is 7.75. The fourth-order valence-electron chi connectivity index (χ4n) is 2.64. The molecule has 3 aromatic rings. The molecule has 146 valence electrons. The molecule has 1 amide bonds. The van der Waals surface area contributed by atoms with Gasteiger partial charge in [0, 0.05) is 11.5 Å². The fourth-order valence-corrected chi connectivity index (χ4v) is 3.55. The molecule has 2 aromatic heterocycles. The molecule has 0 saturated heterocycles. The van der Waals surface area contributed by atoms with E-state index in [9.17, 15) is 4.79 Å². The van der Waals surface area contributed by atoms with Gasteiger partial charge in [-0.05, 0) is 26.0 Å².